The second kappa shape index (κ2) is 7.34. The first kappa shape index (κ1) is 18.2. The summed E-state index contributed by atoms with van der Waals surface area (Å²) in [6, 6.07) is 8.74. The summed E-state index contributed by atoms with van der Waals surface area (Å²) in [5, 5.41) is 6.79. The molecule has 2 unspecified atom stereocenters. The largest absolute Gasteiger partial charge is 0.349 e. The SMILES string of the molecule is CN(C(=O)C1CC1)c1ccccc1C(=O)NC1CC2CCC(C1)N2.Cl. The fraction of sp³-hybridized carbons (Fsp3) is 0.579. The van der Waals surface area contributed by atoms with E-state index in [0.717, 1.165) is 25.7 Å². The van der Waals surface area contributed by atoms with Crippen molar-refractivity contribution in [1.29, 1.82) is 0 Å². The fourth-order valence-corrected chi connectivity index (χ4v) is 4.12. The van der Waals surface area contributed by atoms with Gasteiger partial charge in [0.15, 0.2) is 0 Å². The minimum atomic E-state index is -0.0626. The van der Waals surface area contributed by atoms with E-state index in [4.69, 9.17) is 0 Å². The smallest absolute Gasteiger partial charge is 0.253 e. The Hall–Kier alpha value is -1.59. The van der Waals surface area contributed by atoms with Gasteiger partial charge in [-0.05, 0) is 50.7 Å². The van der Waals surface area contributed by atoms with E-state index in [1.54, 1.807) is 11.9 Å². The lowest BCUT2D eigenvalue weighted by Crippen LogP contribution is -2.48. The van der Waals surface area contributed by atoms with Gasteiger partial charge in [-0.15, -0.1) is 12.4 Å². The topological polar surface area (TPSA) is 61.4 Å². The summed E-state index contributed by atoms with van der Waals surface area (Å²) in [5.41, 5.74) is 1.31. The van der Waals surface area contributed by atoms with Crippen LogP contribution in [0.25, 0.3) is 0 Å². The molecule has 1 aromatic rings. The average molecular weight is 364 g/mol. The number of rotatable bonds is 4. The highest BCUT2D eigenvalue weighted by atomic mass is 35.5. The second-order valence-electron chi connectivity index (χ2n) is 7.47. The Bertz CT molecular complexity index is 650. The number of para-hydroxylation sites is 1. The van der Waals surface area contributed by atoms with Gasteiger partial charge in [-0.2, -0.15) is 0 Å². The zero-order valence-corrected chi connectivity index (χ0v) is 15.3. The van der Waals surface area contributed by atoms with Gasteiger partial charge in [-0.3, -0.25) is 9.59 Å². The van der Waals surface area contributed by atoms with E-state index < -0.39 is 0 Å². The van der Waals surface area contributed by atoms with Crippen LogP contribution >= 0.6 is 12.4 Å². The number of carbonyl (C=O) groups excluding carboxylic acids is 2. The predicted molar refractivity (Wildman–Crippen MR) is 100 cm³/mol. The molecule has 6 heteroatoms. The maximum Gasteiger partial charge on any atom is 0.253 e. The van der Waals surface area contributed by atoms with Gasteiger partial charge >= 0.3 is 0 Å². The Morgan fingerprint density at radius 1 is 1.08 bits per heavy atom. The van der Waals surface area contributed by atoms with Crippen LogP contribution in [0.15, 0.2) is 24.3 Å². The molecule has 136 valence electrons. The molecular weight excluding hydrogens is 338 g/mol. The monoisotopic (exact) mass is 363 g/mol. The molecule has 0 spiro atoms. The number of halogens is 1. The third-order valence-electron chi connectivity index (χ3n) is 5.58. The van der Waals surface area contributed by atoms with Crippen LogP contribution in [0.2, 0.25) is 0 Å². The first-order valence-corrected chi connectivity index (χ1v) is 9.05. The van der Waals surface area contributed by atoms with E-state index in [1.165, 1.54) is 12.8 Å². The number of nitrogens with one attached hydrogen (secondary N) is 2. The summed E-state index contributed by atoms with van der Waals surface area (Å²) >= 11 is 0. The van der Waals surface area contributed by atoms with E-state index in [-0.39, 0.29) is 36.2 Å². The van der Waals surface area contributed by atoms with Crippen LogP contribution in [0.4, 0.5) is 5.69 Å². The standard InChI is InChI=1S/C19H25N3O2.ClH/c1-22(19(24)12-6-7-12)17-5-3-2-4-16(17)18(23)21-15-10-13-8-9-14(11-15)20-13;/h2-5,12-15,20H,6-11H2,1H3,(H,21,23);1H. The molecule has 2 atom stereocenters. The quantitative estimate of drug-likeness (QED) is 0.864. The van der Waals surface area contributed by atoms with Gasteiger partial charge in [0.05, 0.1) is 11.3 Å². The van der Waals surface area contributed by atoms with E-state index in [2.05, 4.69) is 10.6 Å². The van der Waals surface area contributed by atoms with Crippen LogP contribution in [0.1, 0.15) is 48.9 Å². The molecule has 2 saturated heterocycles. The van der Waals surface area contributed by atoms with Crippen molar-refractivity contribution in [2.75, 3.05) is 11.9 Å². The van der Waals surface area contributed by atoms with Gasteiger partial charge in [0.1, 0.15) is 0 Å². The van der Waals surface area contributed by atoms with Crippen molar-refractivity contribution < 1.29 is 9.59 Å². The summed E-state index contributed by atoms with van der Waals surface area (Å²) < 4.78 is 0. The van der Waals surface area contributed by atoms with Gasteiger partial charge in [0.2, 0.25) is 5.91 Å². The van der Waals surface area contributed by atoms with Crippen molar-refractivity contribution >= 4 is 29.9 Å². The van der Waals surface area contributed by atoms with E-state index in [0.29, 0.717) is 23.3 Å². The summed E-state index contributed by atoms with van der Waals surface area (Å²) in [6.07, 6.45) is 6.37. The van der Waals surface area contributed by atoms with E-state index >= 15 is 0 Å². The lowest BCUT2D eigenvalue weighted by molar-refractivity contribution is -0.119. The van der Waals surface area contributed by atoms with Crippen molar-refractivity contribution in [3.05, 3.63) is 29.8 Å². The van der Waals surface area contributed by atoms with Crippen LogP contribution in [0.3, 0.4) is 0 Å². The number of carbonyl (C=O) groups is 2. The highest BCUT2D eigenvalue weighted by Gasteiger charge is 2.35. The number of anilines is 1. The van der Waals surface area contributed by atoms with Gasteiger partial charge < -0.3 is 15.5 Å². The van der Waals surface area contributed by atoms with Crippen LogP contribution in [-0.4, -0.2) is 37.0 Å². The summed E-state index contributed by atoms with van der Waals surface area (Å²) in [7, 11) is 1.78. The molecule has 2 bridgehead atoms. The fourth-order valence-electron chi connectivity index (χ4n) is 4.12. The molecule has 4 rings (SSSR count). The molecule has 25 heavy (non-hydrogen) atoms. The number of hydrogen-bond donors (Lipinski definition) is 2. The molecule has 0 aromatic heterocycles. The minimum absolute atomic E-state index is 0. The van der Waals surface area contributed by atoms with Gasteiger partial charge in [0, 0.05) is 31.1 Å². The second-order valence-corrected chi connectivity index (χ2v) is 7.47. The van der Waals surface area contributed by atoms with Crippen molar-refractivity contribution in [2.45, 2.75) is 56.7 Å². The molecule has 2 amide bonds. The number of piperidine rings is 1. The zero-order chi connectivity index (χ0) is 16.7. The highest BCUT2D eigenvalue weighted by Crippen LogP contribution is 2.33. The molecule has 3 fully saturated rings. The summed E-state index contributed by atoms with van der Waals surface area (Å²) in [4.78, 5) is 26.8. The van der Waals surface area contributed by atoms with Crippen LogP contribution in [-0.2, 0) is 4.79 Å². The summed E-state index contributed by atoms with van der Waals surface area (Å²) in [6.45, 7) is 0. The Kier molecular flexibility index (Phi) is 5.35. The van der Waals surface area contributed by atoms with Crippen molar-refractivity contribution in [3.63, 3.8) is 0 Å². The molecule has 5 nitrogen and oxygen atoms in total. The minimum Gasteiger partial charge on any atom is -0.349 e. The maximum absolute atomic E-state index is 12.8. The van der Waals surface area contributed by atoms with Gasteiger partial charge in [0.25, 0.3) is 5.91 Å². The first-order valence-electron chi connectivity index (χ1n) is 9.05. The number of nitrogens with zero attached hydrogens (tertiary/aromatic N) is 1. The number of benzene rings is 1. The maximum atomic E-state index is 12.8. The zero-order valence-electron chi connectivity index (χ0n) is 14.5. The number of fused-ring (bicyclic) bond motifs is 2. The lowest BCUT2D eigenvalue weighted by atomic mass is 9.99. The third kappa shape index (κ3) is 3.82. The first-order chi connectivity index (χ1) is 11.6. The van der Waals surface area contributed by atoms with E-state index in [1.807, 2.05) is 24.3 Å². The molecular formula is C19H26ClN3O2. The Morgan fingerprint density at radius 2 is 1.72 bits per heavy atom. The van der Waals surface area contributed by atoms with Gasteiger partial charge in [-0.25, -0.2) is 0 Å². The van der Waals surface area contributed by atoms with Crippen LogP contribution in [0.5, 0.6) is 0 Å². The number of hydrogen-bond acceptors (Lipinski definition) is 3. The molecule has 1 aromatic carbocycles. The number of amides is 2. The normalized spacial score (nSPS) is 27.3. The van der Waals surface area contributed by atoms with Gasteiger partial charge in [-0.1, -0.05) is 12.1 Å². The Labute approximate surface area is 154 Å². The molecule has 2 aliphatic heterocycles. The lowest BCUT2D eigenvalue weighted by Gasteiger charge is -2.30. The predicted octanol–water partition coefficient (Wildman–Crippen LogP) is 2.49. The van der Waals surface area contributed by atoms with Crippen LogP contribution in [0, 0.1) is 5.92 Å². The third-order valence-corrected chi connectivity index (χ3v) is 5.58. The summed E-state index contributed by atoms with van der Waals surface area (Å²) in [5.74, 6) is 0.202. The molecule has 1 saturated carbocycles. The molecule has 2 N–H and O–H groups in total. The molecule has 3 aliphatic rings. The average Bonchev–Trinajstić information content (AvgIpc) is 3.38. The van der Waals surface area contributed by atoms with Crippen LogP contribution < -0.4 is 15.5 Å². The van der Waals surface area contributed by atoms with Crippen molar-refractivity contribution in [3.8, 4) is 0 Å². The Balaban J connectivity index is 0.00000182. The molecule has 1 aliphatic carbocycles. The highest BCUT2D eigenvalue weighted by molar-refractivity contribution is 6.05. The van der Waals surface area contributed by atoms with E-state index in [9.17, 15) is 9.59 Å². The Morgan fingerprint density at radius 3 is 2.36 bits per heavy atom. The van der Waals surface area contributed by atoms with Crippen molar-refractivity contribution in [2.24, 2.45) is 5.92 Å². The molecule has 2 heterocycles. The molecule has 0 radical (unpaired) electrons. The van der Waals surface area contributed by atoms with Crippen molar-refractivity contribution in [1.82, 2.24) is 10.6 Å².